The Bertz CT molecular complexity index is 1030. The zero-order valence-corrected chi connectivity index (χ0v) is 15.5. The van der Waals surface area contributed by atoms with Gasteiger partial charge in [-0.25, -0.2) is 4.79 Å². The van der Waals surface area contributed by atoms with Gasteiger partial charge in [-0.05, 0) is 41.7 Å². The van der Waals surface area contributed by atoms with Gasteiger partial charge in [0.05, 0.1) is 7.11 Å². The number of benzene rings is 2. The highest BCUT2D eigenvalue weighted by molar-refractivity contribution is 5.89. The van der Waals surface area contributed by atoms with Crippen LogP contribution >= 0.6 is 0 Å². The number of ether oxygens (including phenoxy) is 1. The number of nitrogens with one attached hydrogen (secondary N) is 2. The fourth-order valence-corrected chi connectivity index (χ4v) is 3.72. The van der Waals surface area contributed by atoms with E-state index in [9.17, 15) is 14.7 Å². The molecule has 0 aliphatic heterocycles. The van der Waals surface area contributed by atoms with E-state index < -0.39 is 12.0 Å². The van der Waals surface area contributed by atoms with E-state index in [4.69, 9.17) is 4.74 Å². The van der Waals surface area contributed by atoms with Gasteiger partial charge in [0.15, 0.2) is 0 Å². The van der Waals surface area contributed by atoms with Crippen molar-refractivity contribution in [3.8, 4) is 5.75 Å². The van der Waals surface area contributed by atoms with Gasteiger partial charge in [0.2, 0.25) is 5.91 Å². The summed E-state index contributed by atoms with van der Waals surface area (Å²) in [5, 5.41) is 13.3. The predicted octanol–water partition coefficient (Wildman–Crippen LogP) is 3.09. The van der Waals surface area contributed by atoms with E-state index in [1.807, 2.05) is 54.7 Å². The minimum absolute atomic E-state index is 0.109. The SMILES string of the molecule is COc1cccc([C@@H]2C[C@H]2C(=O)N[C@@H](Cc2c[nH]c3ccccc23)C(=O)O)c1. The number of aromatic nitrogens is 1. The van der Waals surface area contributed by atoms with Crippen molar-refractivity contribution < 1.29 is 19.4 Å². The van der Waals surface area contributed by atoms with Crippen LogP contribution in [0.15, 0.2) is 54.7 Å². The van der Waals surface area contributed by atoms with Gasteiger partial charge < -0.3 is 20.1 Å². The Morgan fingerprint density at radius 1 is 1.25 bits per heavy atom. The molecular formula is C22H22N2O4. The fraction of sp³-hybridized carbons (Fsp3) is 0.273. The number of hydrogen-bond donors (Lipinski definition) is 3. The summed E-state index contributed by atoms with van der Waals surface area (Å²) in [6.45, 7) is 0. The molecule has 1 aliphatic rings. The lowest BCUT2D eigenvalue weighted by Crippen LogP contribution is -2.43. The first kappa shape index (κ1) is 18.1. The summed E-state index contributed by atoms with van der Waals surface area (Å²) in [6, 6.07) is 14.4. The molecule has 6 nitrogen and oxygen atoms in total. The normalized spacial score (nSPS) is 19.2. The number of aliphatic carboxylic acids is 1. The number of carbonyl (C=O) groups excluding carboxylic acids is 1. The smallest absolute Gasteiger partial charge is 0.326 e. The third kappa shape index (κ3) is 3.58. The molecule has 1 aliphatic carbocycles. The number of aromatic amines is 1. The van der Waals surface area contributed by atoms with Gasteiger partial charge in [-0.1, -0.05) is 30.3 Å². The molecule has 1 amide bonds. The summed E-state index contributed by atoms with van der Waals surface area (Å²) in [5.41, 5.74) is 2.87. The first-order valence-electron chi connectivity index (χ1n) is 9.29. The van der Waals surface area contributed by atoms with Crippen LogP contribution in [0.4, 0.5) is 0 Å². The van der Waals surface area contributed by atoms with E-state index in [0.29, 0.717) is 0 Å². The second-order valence-electron chi connectivity index (χ2n) is 7.19. The van der Waals surface area contributed by atoms with Crippen molar-refractivity contribution in [2.45, 2.75) is 24.8 Å². The Morgan fingerprint density at radius 3 is 2.86 bits per heavy atom. The lowest BCUT2D eigenvalue weighted by molar-refractivity contribution is -0.142. The van der Waals surface area contributed by atoms with E-state index in [1.165, 1.54) is 0 Å². The molecule has 0 spiro atoms. The average Bonchev–Trinajstić information content (AvgIpc) is 3.42. The molecule has 144 valence electrons. The molecule has 3 aromatic rings. The number of para-hydroxylation sites is 1. The standard InChI is InChI=1S/C22H22N2O4/c1-28-15-6-4-5-13(9-15)17-11-18(17)21(25)24-20(22(26)27)10-14-12-23-19-8-3-2-7-16(14)19/h2-9,12,17-18,20,23H,10-11H2,1H3,(H,24,25)(H,26,27)/t17-,18+,20-/m0/s1. The molecule has 6 heteroatoms. The van der Waals surface area contributed by atoms with Crippen LogP contribution in [0, 0.1) is 5.92 Å². The molecule has 0 saturated heterocycles. The van der Waals surface area contributed by atoms with Gasteiger partial charge in [0.1, 0.15) is 11.8 Å². The molecule has 0 unspecified atom stereocenters. The van der Waals surface area contributed by atoms with E-state index in [2.05, 4.69) is 10.3 Å². The van der Waals surface area contributed by atoms with Crippen LogP contribution in [0.5, 0.6) is 5.75 Å². The van der Waals surface area contributed by atoms with Crippen molar-refractivity contribution in [1.82, 2.24) is 10.3 Å². The summed E-state index contributed by atoms with van der Waals surface area (Å²) in [7, 11) is 1.61. The van der Waals surface area contributed by atoms with E-state index in [0.717, 1.165) is 34.2 Å². The lowest BCUT2D eigenvalue weighted by Gasteiger charge is -2.14. The third-order valence-corrected chi connectivity index (χ3v) is 5.36. The Morgan fingerprint density at radius 2 is 2.07 bits per heavy atom. The number of methoxy groups -OCH3 is 1. The largest absolute Gasteiger partial charge is 0.497 e. The van der Waals surface area contributed by atoms with Crippen molar-refractivity contribution in [3.05, 3.63) is 65.9 Å². The number of carboxylic acids is 1. The second-order valence-corrected chi connectivity index (χ2v) is 7.19. The van der Waals surface area contributed by atoms with E-state index >= 15 is 0 Å². The summed E-state index contributed by atoms with van der Waals surface area (Å²) in [4.78, 5) is 27.5. The van der Waals surface area contributed by atoms with Crippen LogP contribution in [0.25, 0.3) is 10.9 Å². The number of carboxylic acid groups (broad SMARTS) is 1. The van der Waals surface area contributed by atoms with Crippen LogP contribution in [0.3, 0.4) is 0 Å². The summed E-state index contributed by atoms with van der Waals surface area (Å²) < 4.78 is 5.24. The quantitative estimate of drug-likeness (QED) is 0.589. The molecule has 1 saturated carbocycles. The first-order chi connectivity index (χ1) is 13.6. The van der Waals surface area contributed by atoms with Crippen molar-refractivity contribution in [3.63, 3.8) is 0 Å². The molecule has 3 atom stereocenters. The molecular weight excluding hydrogens is 356 g/mol. The topological polar surface area (TPSA) is 91.4 Å². The maximum absolute atomic E-state index is 12.6. The van der Waals surface area contributed by atoms with Crippen molar-refractivity contribution in [2.75, 3.05) is 7.11 Å². The monoisotopic (exact) mass is 378 g/mol. The highest BCUT2D eigenvalue weighted by Gasteiger charge is 2.45. The molecule has 1 aromatic heterocycles. The number of H-pyrrole nitrogens is 1. The van der Waals surface area contributed by atoms with E-state index in [-0.39, 0.29) is 24.2 Å². The highest BCUT2D eigenvalue weighted by atomic mass is 16.5. The maximum Gasteiger partial charge on any atom is 0.326 e. The zero-order chi connectivity index (χ0) is 19.7. The second kappa shape index (κ2) is 7.38. The van der Waals surface area contributed by atoms with Gasteiger partial charge in [-0.3, -0.25) is 4.79 Å². The molecule has 0 radical (unpaired) electrons. The van der Waals surface area contributed by atoms with Gasteiger partial charge in [0.25, 0.3) is 0 Å². The molecule has 2 aromatic carbocycles. The number of amides is 1. The average molecular weight is 378 g/mol. The Kier molecular flexibility index (Phi) is 4.77. The van der Waals surface area contributed by atoms with Crippen LogP contribution in [-0.4, -0.2) is 35.1 Å². The molecule has 1 fully saturated rings. The molecule has 4 rings (SSSR count). The number of carbonyl (C=O) groups is 2. The zero-order valence-electron chi connectivity index (χ0n) is 15.5. The van der Waals surface area contributed by atoms with Gasteiger partial charge in [-0.2, -0.15) is 0 Å². The van der Waals surface area contributed by atoms with Crippen LogP contribution in [-0.2, 0) is 16.0 Å². The van der Waals surface area contributed by atoms with Crippen LogP contribution in [0.2, 0.25) is 0 Å². The van der Waals surface area contributed by atoms with Gasteiger partial charge in [-0.15, -0.1) is 0 Å². The summed E-state index contributed by atoms with van der Waals surface area (Å²) >= 11 is 0. The number of rotatable bonds is 7. The molecule has 0 bridgehead atoms. The minimum atomic E-state index is -1.03. The van der Waals surface area contributed by atoms with Crippen LogP contribution in [0.1, 0.15) is 23.5 Å². The highest BCUT2D eigenvalue weighted by Crippen LogP contribution is 2.48. The molecule has 3 N–H and O–H groups in total. The van der Waals surface area contributed by atoms with E-state index in [1.54, 1.807) is 7.11 Å². The Labute approximate surface area is 162 Å². The Balaban J connectivity index is 1.44. The minimum Gasteiger partial charge on any atom is -0.497 e. The maximum atomic E-state index is 12.6. The van der Waals surface area contributed by atoms with Gasteiger partial charge >= 0.3 is 5.97 Å². The number of fused-ring (bicyclic) bond motifs is 1. The predicted molar refractivity (Wildman–Crippen MR) is 105 cm³/mol. The summed E-state index contributed by atoms with van der Waals surface area (Å²) in [6.07, 6.45) is 2.77. The van der Waals surface area contributed by atoms with Crippen molar-refractivity contribution >= 4 is 22.8 Å². The van der Waals surface area contributed by atoms with Crippen LogP contribution < -0.4 is 10.1 Å². The lowest BCUT2D eigenvalue weighted by atomic mass is 10.0. The van der Waals surface area contributed by atoms with Crippen molar-refractivity contribution in [2.24, 2.45) is 5.92 Å². The third-order valence-electron chi connectivity index (χ3n) is 5.36. The number of hydrogen-bond acceptors (Lipinski definition) is 3. The summed E-state index contributed by atoms with van der Waals surface area (Å²) in [5.74, 6) is -0.571. The fourth-order valence-electron chi connectivity index (χ4n) is 3.72. The molecule has 1 heterocycles. The first-order valence-corrected chi connectivity index (χ1v) is 9.29. The Hall–Kier alpha value is -3.28. The van der Waals surface area contributed by atoms with Gasteiger partial charge in [0, 0.05) is 29.4 Å². The molecule has 28 heavy (non-hydrogen) atoms. The van der Waals surface area contributed by atoms with Crippen molar-refractivity contribution in [1.29, 1.82) is 0 Å².